The standard InChI is InChI=1S/C9H7N3O4S/c13-7(10-3-5-1-2-11-16-5)8-12-6(4-17-8)9(14)15/h1-2,4H,3H2,(H,10,13)(H,14,15). The van der Waals surface area contributed by atoms with E-state index in [4.69, 9.17) is 9.63 Å². The lowest BCUT2D eigenvalue weighted by atomic mass is 10.4. The number of carbonyl (C=O) groups excluding carboxylic acids is 1. The van der Waals surface area contributed by atoms with E-state index in [0.717, 1.165) is 11.3 Å². The van der Waals surface area contributed by atoms with Gasteiger partial charge in [0.05, 0.1) is 12.7 Å². The predicted molar refractivity (Wildman–Crippen MR) is 56.7 cm³/mol. The van der Waals surface area contributed by atoms with Gasteiger partial charge in [-0.1, -0.05) is 5.16 Å². The molecule has 0 aromatic carbocycles. The fraction of sp³-hybridized carbons (Fsp3) is 0.111. The molecule has 2 aromatic rings. The summed E-state index contributed by atoms with van der Waals surface area (Å²) in [7, 11) is 0. The van der Waals surface area contributed by atoms with Gasteiger partial charge < -0.3 is 14.9 Å². The van der Waals surface area contributed by atoms with E-state index < -0.39 is 11.9 Å². The van der Waals surface area contributed by atoms with Crippen molar-refractivity contribution in [3.05, 3.63) is 34.1 Å². The molecule has 0 aliphatic rings. The zero-order valence-corrected chi connectivity index (χ0v) is 9.23. The van der Waals surface area contributed by atoms with Crippen molar-refractivity contribution in [1.29, 1.82) is 0 Å². The highest BCUT2D eigenvalue weighted by Gasteiger charge is 2.14. The fourth-order valence-corrected chi connectivity index (χ4v) is 1.76. The van der Waals surface area contributed by atoms with Gasteiger partial charge in [0, 0.05) is 11.4 Å². The van der Waals surface area contributed by atoms with Crippen molar-refractivity contribution in [2.45, 2.75) is 6.54 Å². The monoisotopic (exact) mass is 253 g/mol. The van der Waals surface area contributed by atoms with E-state index in [2.05, 4.69) is 15.5 Å². The molecule has 2 heterocycles. The van der Waals surface area contributed by atoms with Crippen LogP contribution in [-0.4, -0.2) is 27.1 Å². The first-order chi connectivity index (χ1) is 8.16. The maximum Gasteiger partial charge on any atom is 0.355 e. The number of nitrogens with zero attached hydrogens (tertiary/aromatic N) is 2. The summed E-state index contributed by atoms with van der Waals surface area (Å²) >= 11 is 0.973. The third kappa shape index (κ3) is 2.67. The van der Waals surface area contributed by atoms with Crippen LogP contribution in [0.4, 0.5) is 0 Å². The molecule has 2 N–H and O–H groups in total. The topological polar surface area (TPSA) is 105 Å². The summed E-state index contributed by atoms with van der Waals surface area (Å²) in [5.74, 6) is -1.09. The molecular formula is C9H7N3O4S. The lowest BCUT2D eigenvalue weighted by Crippen LogP contribution is -2.22. The highest BCUT2D eigenvalue weighted by Crippen LogP contribution is 2.09. The highest BCUT2D eigenvalue weighted by molar-refractivity contribution is 7.11. The predicted octanol–water partition coefficient (Wildman–Crippen LogP) is 0.759. The van der Waals surface area contributed by atoms with Gasteiger partial charge in [-0.2, -0.15) is 0 Å². The molecule has 0 unspecified atom stereocenters. The molecule has 2 rings (SSSR count). The summed E-state index contributed by atoms with van der Waals surface area (Å²) in [5.41, 5.74) is -0.139. The van der Waals surface area contributed by atoms with Crippen LogP contribution < -0.4 is 5.32 Å². The number of carboxylic acid groups (broad SMARTS) is 1. The Morgan fingerprint density at radius 3 is 2.94 bits per heavy atom. The lowest BCUT2D eigenvalue weighted by Gasteiger charge is -1.98. The maximum absolute atomic E-state index is 11.6. The zero-order valence-electron chi connectivity index (χ0n) is 8.41. The van der Waals surface area contributed by atoms with Crippen LogP contribution >= 0.6 is 11.3 Å². The minimum Gasteiger partial charge on any atom is -0.476 e. The Bertz CT molecular complexity index is 534. The van der Waals surface area contributed by atoms with Crippen molar-refractivity contribution in [3.8, 4) is 0 Å². The smallest absolute Gasteiger partial charge is 0.355 e. The number of carboxylic acids is 1. The van der Waals surface area contributed by atoms with Gasteiger partial charge in [0.1, 0.15) is 0 Å². The average molecular weight is 253 g/mol. The minimum atomic E-state index is -1.16. The summed E-state index contributed by atoms with van der Waals surface area (Å²) in [5, 5.41) is 16.1. The summed E-state index contributed by atoms with van der Waals surface area (Å²) in [6.07, 6.45) is 1.47. The van der Waals surface area contributed by atoms with Crippen LogP contribution in [0.15, 0.2) is 22.2 Å². The van der Waals surface area contributed by atoms with Gasteiger partial charge >= 0.3 is 5.97 Å². The molecule has 1 amide bonds. The second-order valence-electron chi connectivity index (χ2n) is 3.00. The Hall–Kier alpha value is -2.22. The second kappa shape index (κ2) is 4.74. The third-order valence-corrected chi connectivity index (χ3v) is 2.67. The van der Waals surface area contributed by atoms with Gasteiger partial charge in [-0.15, -0.1) is 11.3 Å². The van der Waals surface area contributed by atoms with E-state index in [9.17, 15) is 9.59 Å². The van der Waals surface area contributed by atoms with Crippen molar-refractivity contribution in [1.82, 2.24) is 15.5 Å². The number of aromatic nitrogens is 2. The van der Waals surface area contributed by atoms with Crippen LogP contribution in [0.2, 0.25) is 0 Å². The highest BCUT2D eigenvalue weighted by atomic mass is 32.1. The molecule has 2 aromatic heterocycles. The van der Waals surface area contributed by atoms with Crippen LogP contribution in [-0.2, 0) is 6.54 Å². The SMILES string of the molecule is O=C(O)c1csc(C(=O)NCc2ccno2)n1. The number of aromatic carboxylic acids is 1. The number of hydrogen-bond donors (Lipinski definition) is 2. The molecule has 0 aliphatic heterocycles. The molecule has 0 atom stereocenters. The largest absolute Gasteiger partial charge is 0.476 e. The zero-order chi connectivity index (χ0) is 12.3. The molecule has 88 valence electrons. The van der Waals surface area contributed by atoms with E-state index >= 15 is 0 Å². The molecule has 0 radical (unpaired) electrons. The third-order valence-electron chi connectivity index (χ3n) is 1.83. The molecular weight excluding hydrogens is 246 g/mol. The van der Waals surface area contributed by atoms with E-state index in [0.29, 0.717) is 5.76 Å². The molecule has 0 saturated carbocycles. The Balaban J connectivity index is 1.97. The quantitative estimate of drug-likeness (QED) is 0.833. The van der Waals surface area contributed by atoms with E-state index in [1.54, 1.807) is 6.07 Å². The van der Waals surface area contributed by atoms with Gasteiger partial charge in [0.15, 0.2) is 16.5 Å². The van der Waals surface area contributed by atoms with Gasteiger partial charge in [-0.25, -0.2) is 9.78 Å². The molecule has 0 spiro atoms. The van der Waals surface area contributed by atoms with Crippen LogP contribution in [0.3, 0.4) is 0 Å². The van der Waals surface area contributed by atoms with Crippen molar-refractivity contribution in [2.75, 3.05) is 0 Å². The first kappa shape index (κ1) is 11.3. The summed E-state index contributed by atoms with van der Waals surface area (Å²) in [6.45, 7) is 0.181. The molecule has 0 fully saturated rings. The van der Waals surface area contributed by atoms with Crippen LogP contribution in [0, 0.1) is 0 Å². The maximum atomic E-state index is 11.6. The molecule has 0 aliphatic carbocycles. The van der Waals surface area contributed by atoms with E-state index in [1.165, 1.54) is 11.6 Å². The van der Waals surface area contributed by atoms with Gasteiger partial charge in [-0.05, 0) is 0 Å². The molecule has 0 bridgehead atoms. The number of amides is 1. The molecule has 7 nitrogen and oxygen atoms in total. The van der Waals surface area contributed by atoms with E-state index in [1.807, 2.05) is 0 Å². The first-order valence-electron chi connectivity index (χ1n) is 4.53. The summed E-state index contributed by atoms with van der Waals surface area (Å²) in [4.78, 5) is 25.8. The van der Waals surface area contributed by atoms with Gasteiger partial charge in [-0.3, -0.25) is 4.79 Å². The van der Waals surface area contributed by atoms with Gasteiger partial charge in [0.25, 0.3) is 5.91 Å². The molecule has 8 heteroatoms. The Morgan fingerprint density at radius 2 is 2.35 bits per heavy atom. The van der Waals surface area contributed by atoms with E-state index in [-0.39, 0.29) is 17.2 Å². The Kier molecular flexibility index (Phi) is 3.15. The number of carbonyl (C=O) groups is 2. The van der Waals surface area contributed by atoms with Crippen LogP contribution in [0.1, 0.15) is 26.1 Å². The summed E-state index contributed by atoms with van der Waals surface area (Å²) in [6, 6.07) is 1.62. The fourth-order valence-electron chi connectivity index (χ4n) is 1.05. The number of nitrogens with one attached hydrogen (secondary N) is 1. The average Bonchev–Trinajstić information content (AvgIpc) is 2.96. The number of hydrogen-bond acceptors (Lipinski definition) is 6. The first-order valence-corrected chi connectivity index (χ1v) is 5.41. The van der Waals surface area contributed by atoms with Crippen molar-refractivity contribution in [3.63, 3.8) is 0 Å². The Labute approximate surface area is 99.1 Å². The normalized spacial score (nSPS) is 10.1. The van der Waals surface area contributed by atoms with Crippen molar-refractivity contribution < 1.29 is 19.2 Å². The number of rotatable bonds is 4. The van der Waals surface area contributed by atoms with Crippen molar-refractivity contribution >= 4 is 23.2 Å². The second-order valence-corrected chi connectivity index (χ2v) is 3.86. The summed E-state index contributed by atoms with van der Waals surface area (Å²) < 4.78 is 4.79. The van der Waals surface area contributed by atoms with Gasteiger partial charge in [0.2, 0.25) is 0 Å². The Morgan fingerprint density at radius 1 is 1.53 bits per heavy atom. The molecule has 0 saturated heterocycles. The lowest BCUT2D eigenvalue weighted by molar-refractivity contribution is 0.0691. The van der Waals surface area contributed by atoms with Crippen molar-refractivity contribution in [2.24, 2.45) is 0 Å². The van der Waals surface area contributed by atoms with Crippen LogP contribution in [0.25, 0.3) is 0 Å². The number of thiazole rings is 1. The van der Waals surface area contributed by atoms with Crippen LogP contribution in [0.5, 0.6) is 0 Å². The minimum absolute atomic E-state index is 0.0990. The molecule has 17 heavy (non-hydrogen) atoms.